The van der Waals surface area contributed by atoms with Crippen molar-refractivity contribution in [1.82, 2.24) is 0 Å². The smallest absolute Gasteiger partial charge is 0.0809 e. The Bertz CT molecular complexity index is 216. The third kappa shape index (κ3) is 2.17. The van der Waals surface area contributed by atoms with Crippen LogP contribution in [-0.4, -0.2) is 30.8 Å². The highest BCUT2D eigenvalue weighted by molar-refractivity contribution is 6.21. The highest BCUT2D eigenvalue weighted by Gasteiger charge is 2.50. The summed E-state index contributed by atoms with van der Waals surface area (Å²) < 4.78 is 11.5. The first-order valence-electron chi connectivity index (χ1n) is 6.04. The standard InChI is InChI=1S/C12H21ClO2/c1-3-12(2)10(13)7-11(12)15-8-9-5-4-6-14-9/h9-11H,3-8H2,1-2H3. The molecule has 0 aromatic heterocycles. The molecule has 88 valence electrons. The molecule has 0 amide bonds. The SMILES string of the molecule is CCC1(C)C(Cl)CC1OCC1CCCO1. The third-order valence-electron chi connectivity index (χ3n) is 4.14. The van der Waals surface area contributed by atoms with Gasteiger partial charge in [-0.1, -0.05) is 13.8 Å². The van der Waals surface area contributed by atoms with Crippen LogP contribution in [-0.2, 0) is 9.47 Å². The number of hydrogen-bond acceptors (Lipinski definition) is 2. The van der Waals surface area contributed by atoms with Crippen molar-refractivity contribution in [3.63, 3.8) is 0 Å². The molecule has 2 nitrogen and oxygen atoms in total. The molecule has 4 unspecified atom stereocenters. The van der Waals surface area contributed by atoms with Crippen LogP contribution in [0.4, 0.5) is 0 Å². The van der Waals surface area contributed by atoms with Crippen LogP contribution >= 0.6 is 11.6 Å². The summed E-state index contributed by atoms with van der Waals surface area (Å²) in [6, 6.07) is 0. The minimum Gasteiger partial charge on any atom is -0.376 e. The Labute approximate surface area is 97.3 Å². The molecule has 0 N–H and O–H groups in total. The molecule has 0 radical (unpaired) electrons. The molecule has 1 saturated heterocycles. The molecule has 0 aromatic carbocycles. The molecule has 3 heteroatoms. The van der Waals surface area contributed by atoms with Crippen molar-refractivity contribution in [2.45, 2.75) is 57.1 Å². The minimum absolute atomic E-state index is 0.181. The molecule has 1 saturated carbocycles. The summed E-state index contributed by atoms with van der Waals surface area (Å²) in [6.07, 6.45) is 5.10. The van der Waals surface area contributed by atoms with Gasteiger partial charge in [-0.25, -0.2) is 0 Å². The molecule has 1 heterocycles. The van der Waals surface area contributed by atoms with E-state index in [1.54, 1.807) is 0 Å². The zero-order chi connectivity index (χ0) is 10.9. The van der Waals surface area contributed by atoms with Gasteiger partial charge in [0.1, 0.15) is 0 Å². The maximum atomic E-state index is 6.24. The second kappa shape index (κ2) is 4.60. The molecule has 1 aliphatic heterocycles. The van der Waals surface area contributed by atoms with E-state index in [9.17, 15) is 0 Å². The van der Waals surface area contributed by atoms with E-state index >= 15 is 0 Å². The molecule has 2 fully saturated rings. The zero-order valence-corrected chi connectivity index (χ0v) is 10.4. The second-order valence-corrected chi connectivity index (χ2v) is 5.55. The largest absolute Gasteiger partial charge is 0.376 e. The Balaban J connectivity index is 1.75. The van der Waals surface area contributed by atoms with Gasteiger partial charge in [-0.05, 0) is 25.7 Å². The van der Waals surface area contributed by atoms with Crippen molar-refractivity contribution in [3.05, 3.63) is 0 Å². The van der Waals surface area contributed by atoms with Crippen molar-refractivity contribution in [2.24, 2.45) is 5.41 Å². The maximum absolute atomic E-state index is 6.24. The van der Waals surface area contributed by atoms with Crippen LogP contribution < -0.4 is 0 Å². The zero-order valence-electron chi connectivity index (χ0n) is 9.67. The van der Waals surface area contributed by atoms with E-state index in [-0.39, 0.29) is 10.8 Å². The van der Waals surface area contributed by atoms with Gasteiger partial charge in [0, 0.05) is 17.4 Å². The van der Waals surface area contributed by atoms with Crippen LogP contribution in [0.2, 0.25) is 0 Å². The number of ether oxygens (including phenoxy) is 2. The lowest BCUT2D eigenvalue weighted by Crippen LogP contribution is -2.54. The van der Waals surface area contributed by atoms with Gasteiger partial charge >= 0.3 is 0 Å². The van der Waals surface area contributed by atoms with E-state index in [4.69, 9.17) is 21.1 Å². The van der Waals surface area contributed by atoms with E-state index in [1.165, 1.54) is 6.42 Å². The van der Waals surface area contributed by atoms with Crippen molar-refractivity contribution >= 4 is 11.6 Å². The lowest BCUT2D eigenvalue weighted by molar-refractivity contribution is -0.122. The topological polar surface area (TPSA) is 18.5 Å². The average molecular weight is 233 g/mol. The summed E-state index contributed by atoms with van der Waals surface area (Å²) in [5, 5.41) is 0.289. The number of hydrogen-bond donors (Lipinski definition) is 0. The molecule has 0 bridgehead atoms. The summed E-state index contributed by atoms with van der Waals surface area (Å²) in [4.78, 5) is 0. The third-order valence-corrected chi connectivity index (χ3v) is 4.82. The summed E-state index contributed by atoms with van der Waals surface area (Å²) >= 11 is 6.24. The first kappa shape index (κ1) is 11.7. The monoisotopic (exact) mass is 232 g/mol. The highest BCUT2D eigenvalue weighted by Crippen LogP contribution is 2.49. The van der Waals surface area contributed by atoms with E-state index < -0.39 is 0 Å². The van der Waals surface area contributed by atoms with Crippen LogP contribution in [0.25, 0.3) is 0 Å². The van der Waals surface area contributed by atoms with Gasteiger partial charge in [-0.15, -0.1) is 11.6 Å². The predicted octanol–water partition coefficient (Wildman–Crippen LogP) is 2.98. The van der Waals surface area contributed by atoms with Crippen LogP contribution in [0.15, 0.2) is 0 Å². The van der Waals surface area contributed by atoms with Crippen molar-refractivity contribution in [2.75, 3.05) is 13.2 Å². The molecule has 2 rings (SSSR count). The summed E-state index contributed by atoms with van der Waals surface area (Å²) in [5.41, 5.74) is 0.181. The van der Waals surface area contributed by atoms with Crippen LogP contribution in [0.3, 0.4) is 0 Å². The van der Waals surface area contributed by atoms with Crippen LogP contribution in [0.5, 0.6) is 0 Å². The second-order valence-electron chi connectivity index (χ2n) is 5.02. The van der Waals surface area contributed by atoms with Crippen LogP contribution in [0, 0.1) is 5.41 Å². The quantitative estimate of drug-likeness (QED) is 0.694. The molecular weight excluding hydrogens is 212 g/mol. The first-order valence-corrected chi connectivity index (χ1v) is 6.47. The fraction of sp³-hybridized carbons (Fsp3) is 1.00. The molecule has 1 aliphatic carbocycles. The summed E-state index contributed by atoms with van der Waals surface area (Å²) in [7, 11) is 0. The Kier molecular flexibility index (Phi) is 3.59. The van der Waals surface area contributed by atoms with E-state index in [1.807, 2.05) is 0 Å². The molecule has 4 atom stereocenters. The predicted molar refractivity (Wildman–Crippen MR) is 61.4 cm³/mol. The maximum Gasteiger partial charge on any atom is 0.0809 e. The molecule has 2 aliphatic rings. The van der Waals surface area contributed by atoms with Gasteiger partial charge in [-0.3, -0.25) is 0 Å². The fourth-order valence-corrected chi connectivity index (χ4v) is 2.93. The number of rotatable bonds is 4. The lowest BCUT2D eigenvalue weighted by atomic mass is 9.65. The highest BCUT2D eigenvalue weighted by atomic mass is 35.5. The van der Waals surface area contributed by atoms with E-state index in [0.717, 1.165) is 32.5 Å². The first-order chi connectivity index (χ1) is 7.16. The van der Waals surface area contributed by atoms with Crippen LogP contribution in [0.1, 0.15) is 39.5 Å². The molecule has 15 heavy (non-hydrogen) atoms. The normalized spacial score (nSPS) is 45.4. The lowest BCUT2D eigenvalue weighted by Gasteiger charge is -2.50. The van der Waals surface area contributed by atoms with Gasteiger partial charge in [0.25, 0.3) is 0 Å². The van der Waals surface area contributed by atoms with Gasteiger partial charge in [-0.2, -0.15) is 0 Å². The van der Waals surface area contributed by atoms with Crippen molar-refractivity contribution < 1.29 is 9.47 Å². The van der Waals surface area contributed by atoms with Gasteiger partial charge in [0.05, 0.1) is 18.8 Å². The van der Waals surface area contributed by atoms with Crippen molar-refractivity contribution in [3.8, 4) is 0 Å². The van der Waals surface area contributed by atoms with Crippen molar-refractivity contribution in [1.29, 1.82) is 0 Å². The molecule has 0 aromatic rings. The fourth-order valence-electron chi connectivity index (χ4n) is 2.47. The minimum atomic E-state index is 0.181. The van der Waals surface area contributed by atoms with Gasteiger partial charge in [0.2, 0.25) is 0 Å². The Hall–Kier alpha value is 0.210. The van der Waals surface area contributed by atoms with Gasteiger partial charge in [0.15, 0.2) is 0 Å². The summed E-state index contributed by atoms with van der Waals surface area (Å²) in [6.45, 7) is 6.08. The number of halogens is 1. The Morgan fingerprint density at radius 2 is 2.33 bits per heavy atom. The Morgan fingerprint density at radius 3 is 2.87 bits per heavy atom. The Morgan fingerprint density at radius 1 is 1.53 bits per heavy atom. The van der Waals surface area contributed by atoms with E-state index in [0.29, 0.717) is 12.2 Å². The van der Waals surface area contributed by atoms with E-state index in [2.05, 4.69) is 13.8 Å². The summed E-state index contributed by atoms with van der Waals surface area (Å²) in [5.74, 6) is 0. The molecule has 0 spiro atoms. The average Bonchev–Trinajstić information content (AvgIpc) is 2.75. The van der Waals surface area contributed by atoms with Gasteiger partial charge < -0.3 is 9.47 Å². The number of alkyl halides is 1. The molecular formula is C12H21ClO2.